The van der Waals surface area contributed by atoms with Gasteiger partial charge in [-0.2, -0.15) is 0 Å². The predicted octanol–water partition coefficient (Wildman–Crippen LogP) is 1.80. The van der Waals surface area contributed by atoms with Crippen LogP contribution >= 0.6 is 0 Å². The summed E-state index contributed by atoms with van der Waals surface area (Å²) in [5.41, 5.74) is 1.96. The van der Waals surface area contributed by atoms with E-state index < -0.39 is 6.10 Å². The molecule has 2 aliphatic rings. The zero-order valence-corrected chi connectivity index (χ0v) is 16.1. The van der Waals surface area contributed by atoms with Gasteiger partial charge < -0.3 is 24.1 Å². The largest absolute Gasteiger partial charge is 0.446 e. The number of benzene rings is 1. The molecule has 1 aromatic carbocycles. The smallest absolute Gasteiger partial charge is 0.223 e. The van der Waals surface area contributed by atoms with Crippen LogP contribution in [0.2, 0.25) is 0 Å². The molecule has 1 N–H and O–H groups in total. The SMILES string of the molecule is O[C@H](c1ncco1)[C@H]1CCCN(c2nnnc3cc(N4CCOCC4)ccc23)C1. The van der Waals surface area contributed by atoms with Crippen LogP contribution in [0.15, 0.2) is 35.1 Å². The molecule has 5 rings (SSSR count). The fourth-order valence-electron chi connectivity index (χ4n) is 4.25. The maximum atomic E-state index is 10.6. The Bertz CT molecular complexity index is 960. The van der Waals surface area contributed by atoms with E-state index in [1.54, 1.807) is 6.20 Å². The summed E-state index contributed by atoms with van der Waals surface area (Å²) in [7, 11) is 0. The molecule has 2 atom stereocenters. The first kappa shape index (κ1) is 18.3. The Morgan fingerprint density at radius 2 is 2.00 bits per heavy atom. The highest BCUT2D eigenvalue weighted by atomic mass is 16.5. The lowest BCUT2D eigenvalue weighted by Crippen LogP contribution is -2.38. The minimum Gasteiger partial charge on any atom is -0.446 e. The average Bonchev–Trinajstić information content (AvgIpc) is 3.33. The van der Waals surface area contributed by atoms with Gasteiger partial charge in [0.25, 0.3) is 0 Å². The predicted molar refractivity (Wildman–Crippen MR) is 107 cm³/mol. The molecule has 2 saturated heterocycles. The Hall–Kier alpha value is -2.78. The third-order valence-corrected chi connectivity index (χ3v) is 5.80. The first-order chi connectivity index (χ1) is 14.3. The van der Waals surface area contributed by atoms with Crippen molar-refractivity contribution >= 4 is 22.4 Å². The number of hydrogen-bond donors (Lipinski definition) is 1. The van der Waals surface area contributed by atoms with Crippen molar-refractivity contribution in [1.29, 1.82) is 0 Å². The van der Waals surface area contributed by atoms with Gasteiger partial charge in [0, 0.05) is 43.2 Å². The molecule has 0 aliphatic carbocycles. The fraction of sp³-hybridized carbons (Fsp3) is 0.500. The molecule has 2 aromatic heterocycles. The summed E-state index contributed by atoms with van der Waals surface area (Å²) < 4.78 is 10.7. The van der Waals surface area contributed by atoms with Gasteiger partial charge in [0.1, 0.15) is 17.9 Å². The van der Waals surface area contributed by atoms with Crippen molar-refractivity contribution in [1.82, 2.24) is 20.4 Å². The number of nitrogens with zero attached hydrogens (tertiary/aromatic N) is 6. The van der Waals surface area contributed by atoms with Crippen LogP contribution in [0.1, 0.15) is 24.8 Å². The van der Waals surface area contributed by atoms with Crippen molar-refractivity contribution in [3.8, 4) is 0 Å². The van der Waals surface area contributed by atoms with Crippen molar-refractivity contribution in [3.63, 3.8) is 0 Å². The minimum absolute atomic E-state index is 0.0278. The summed E-state index contributed by atoms with van der Waals surface area (Å²) in [6.45, 7) is 4.78. The van der Waals surface area contributed by atoms with Crippen LogP contribution in [-0.2, 0) is 4.74 Å². The first-order valence-corrected chi connectivity index (χ1v) is 10.1. The zero-order chi connectivity index (χ0) is 19.6. The number of morpholine rings is 1. The van der Waals surface area contributed by atoms with Crippen LogP contribution in [0.3, 0.4) is 0 Å². The van der Waals surface area contributed by atoms with E-state index in [0.717, 1.165) is 68.1 Å². The van der Waals surface area contributed by atoms with E-state index in [9.17, 15) is 5.11 Å². The second-order valence-corrected chi connectivity index (χ2v) is 7.58. The summed E-state index contributed by atoms with van der Waals surface area (Å²) in [6, 6.07) is 6.26. The standard InChI is InChI=1S/C20H24N6O3/c27-18(20-21-5-9-29-20)14-2-1-6-26(13-14)19-16-4-3-15(12-17(16)22-24-23-19)25-7-10-28-11-8-25/h3-5,9,12,14,18,27H,1-2,6-8,10-11,13H2/t14-,18-/m0/s1. The highest BCUT2D eigenvalue weighted by Gasteiger charge is 2.31. The maximum absolute atomic E-state index is 10.6. The number of hydrogen-bond acceptors (Lipinski definition) is 9. The topological polar surface area (TPSA) is 101 Å². The van der Waals surface area contributed by atoms with Gasteiger partial charge in [0.15, 0.2) is 5.82 Å². The van der Waals surface area contributed by atoms with E-state index in [2.05, 4.69) is 48.4 Å². The van der Waals surface area contributed by atoms with Gasteiger partial charge in [-0.15, -0.1) is 10.2 Å². The lowest BCUT2D eigenvalue weighted by molar-refractivity contribution is 0.0722. The van der Waals surface area contributed by atoms with Gasteiger partial charge in [0.05, 0.1) is 19.4 Å². The lowest BCUT2D eigenvalue weighted by atomic mass is 9.92. The summed E-state index contributed by atoms with van der Waals surface area (Å²) in [4.78, 5) is 8.59. The van der Waals surface area contributed by atoms with Crippen LogP contribution in [0.5, 0.6) is 0 Å². The van der Waals surface area contributed by atoms with Crippen LogP contribution in [0.4, 0.5) is 11.5 Å². The van der Waals surface area contributed by atoms with Crippen LogP contribution in [0.25, 0.3) is 10.9 Å². The molecule has 9 heteroatoms. The zero-order valence-electron chi connectivity index (χ0n) is 16.1. The number of ether oxygens (including phenoxy) is 1. The van der Waals surface area contributed by atoms with Gasteiger partial charge in [-0.1, -0.05) is 0 Å². The van der Waals surface area contributed by atoms with Crippen LogP contribution < -0.4 is 9.80 Å². The summed E-state index contributed by atoms with van der Waals surface area (Å²) >= 11 is 0. The molecule has 0 radical (unpaired) electrons. The van der Waals surface area contributed by atoms with Crippen molar-refractivity contribution in [2.24, 2.45) is 5.92 Å². The Labute approximate surface area is 168 Å². The number of aliphatic hydroxyl groups is 1. The fourth-order valence-corrected chi connectivity index (χ4v) is 4.25. The van der Waals surface area contributed by atoms with E-state index >= 15 is 0 Å². The average molecular weight is 396 g/mol. The van der Waals surface area contributed by atoms with Gasteiger partial charge in [0.2, 0.25) is 5.89 Å². The molecular weight excluding hydrogens is 372 g/mol. The monoisotopic (exact) mass is 396 g/mol. The van der Waals surface area contributed by atoms with E-state index in [1.807, 2.05) is 0 Å². The molecule has 9 nitrogen and oxygen atoms in total. The highest BCUT2D eigenvalue weighted by molar-refractivity contribution is 5.91. The van der Waals surface area contributed by atoms with Gasteiger partial charge in [-0.25, -0.2) is 4.98 Å². The van der Waals surface area contributed by atoms with E-state index in [-0.39, 0.29) is 5.92 Å². The summed E-state index contributed by atoms with van der Waals surface area (Å²) in [5, 5.41) is 24.2. The van der Waals surface area contributed by atoms with E-state index in [4.69, 9.17) is 9.15 Å². The number of aromatic nitrogens is 4. The molecule has 0 unspecified atom stereocenters. The highest BCUT2D eigenvalue weighted by Crippen LogP contribution is 2.33. The van der Waals surface area contributed by atoms with Crippen LogP contribution in [-0.4, -0.2) is 64.9 Å². The third-order valence-electron chi connectivity index (χ3n) is 5.80. The normalized spacial score (nSPS) is 21.5. The molecule has 2 fully saturated rings. The second kappa shape index (κ2) is 7.92. The Morgan fingerprint density at radius 1 is 1.10 bits per heavy atom. The minimum atomic E-state index is -0.721. The third kappa shape index (κ3) is 3.63. The summed E-state index contributed by atoms with van der Waals surface area (Å²) in [6.07, 6.45) is 4.21. The number of anilines is 2. The summed E-state index contributed by atoms with van der Waals surface area (Å²) in [5.74, 6) is 1.21. The van der Waals surface area contributed by atoms with Gasteiger partial charge in [-0.3, -0.25) is 0 Å². The molecule has 4 heterocycles. The van der Waals surface area contributed by atoms with Crippen molar-refractivity contribution < 1.29 is 14.3 Å². The Morgan fingerprint density at radius 3 is 2.83 bits per heavy atom. The number of piperidine rings is 1. The van der Waals surface area contributed by atoms with E-state index in [1.165, 1.54) is 6.26 Å². The molecule has 0 amide bonds. The van der Waals surface area contributed by atoms with E-state index in [0.29, 0.717) is 12.4 Å². The van der Waals surface area contributed by atoms with Gasteiger partial charge >= 0.3 is 0 Å². The molecule has 29 heavy (non-hydrogen) atoms. The quantitative estimate of drug-likeness (QED) is 0.707. The molecule has 0 spiro atoms. The molecule has 0 bridgehead atoms. The lowest BCUT2D eigenvalue weighted by Gasteiger charge is -2.35. The van der Waals surface area contributed by atoms with Crippen molar-refractivity contribution in [2.45, 2.75) is 18.9 Å². The molecule has 0 saturated carbocycles. The number of oxazole rings is 1. The molecule has 2 aliphatic heterocycles. The molecular formula is C20H24N6O3. The maximum Gasteiger partial charge on any atom is 0.223 e. The second-order valence-electron chi connectivity index (χ2n) is 7.58. The Kier molecular flexibility index (Phi) is 4.99. The van der Waals surface area contributed by atoms with Crippen LogP contribution in [0, 0.1) is 5.92 Å². The number of fused-ring (bicyclic) bond motifs is 1. The van der Waals surface area contributed by atoms with Crippen molar-refractivity contribution in [3.05, 3.63) is 36.5 Å². The first-order valence-electron chi connectivity index (χ1n) is 10.1. The Balaban J connectivity index is 1.40. The number of aliphatic hydroxyl groups excluding tert-OH is 1. The van der Waals surface area contributed by atoms with Crippen molar-refractivity contribution in [2.75, 3.05) is 49.2 Å². The molecule has 152 valence electrons. The number of rotatable bonds is 4. The van der Waals surface area contributed by atoms with Gasteiger partial charge in [-0.05, 0) is 36.3 Å². The molecule has 3 aromatic rings.